The molecule has 0 saturated carbocycles. The molecular formula is C20H30N2O3S2. The van der Waals surface area contributed by atoms with Gasteiger partial charge in [-0.15, -0.1) is 0 Å². The second-order valence-electron chi connectivity index (χ2n) is 7.75. The van der Waals surface area contributed by atoms with E-state index in [1.165, 1.54) is 54.6 Å². The van der Waals surface area contributed by atoms with Crippen molar-refractivity contribution in [1.29, 1.82) is 0 Å². The van der Waals surface area contributed by atoms with Crippen LogP contribution in [0.25, 0.3) is 10.9 Å². The van der Waals surface area contributed by atoms with Crippen molar-refractivity contribution < 1.29 is 13.0 Å². The standard InChI is InChI=1S/C19H26N2S.CH4O3S/c1-3-7-21-11-13(12-22-2)8-16-15-5-4-6-17-19(15)14(10-20-17)9-18(16)21;1-5(2,3)4/h4-6,10,13,16,18,20H,3,7-9,11-12H2,1-2H3;1H3,(H,2,3,4)/t13?,16-,18-;/m1./s1. The zero-order valence-corrected chi connectivity index (χ0v) is 17.9. The number of nitrogens with one attached hydrogen (secondary N) is 1. The summed E-state index contributed by atoms with van der Waals surface area (Å²) in [4.78, 5) is 6.29. The van der Waals surface area contributed by atoms with E-state index in [9.17, 15) is 8.42 Å². The molecule has 0 bridgehead atoms. The predicted octanol–water partition coefficient (Wildman–Crippen LogP) is 3.78. The molecule has 2 N–H and O–H groups in total. The van der Waals surface area contributed by atoms with Gasteiger partial charge in [-0.1, -0.05) is 19.1 Å². The lowest BCUT2D eigenvalue weighted by molar-refractivity contribution is 0.0926. The number of aromatic amines is 1. The zero-order valence-electron chi connectivity index (χ0n) is 16.3. The minimum atomic E-state index is -3.67. The van der Waals surface area contributed by atoms with Crippen molar-refractivity contribution in [3.63, 3.8) is 0 Å². The van der Waals surface area contributed by atoms with E-state index in [1.54, 1.807) is 5.56 Å². The average Bonchev–Trinajstić information content (AvgIpc) is 3.00. The molecule has 2 aromatic rings. The highest BCUT2D eigenvalue weighted by Gasteiger charge is 2.40. The number of benzene rings is 1. The van der Waals surface area contributed by atoms with Gasteiger partial charge in [0, 0.05) is 35.6 Å². The van der Waals surface area contributed by atoms with Crippen molar-refractivity contribution in [2.75, 3.05) is 31.4 Å². The van der Waals surface area contributed by atoms with Gasteiger partial charge >= 0.3 is 0 Å². The Morgan fingerprint density at radius 3 is 2.78 bits per heavy atom. The molecule has 2 heterocycles. The average molecular weight is 411 g/mol. The molecule has 3 atom stereocenters. The van der Waals surface area contributed by atoms with Gasteiger partial charge in [-0.05, 0) is 60.9 Å². The number of nitrogens with zero attached hydrogens (tertiary/aromatic N) is 1. The van der Waals surface area contributed by atoms with E-state index < -0.39 is 10.1 Å². The summed E-state index contributed by atoms with van der Waals surface area (Å²) in [6, 6.07) is 7.58. The molecule has 1 saturated heterocycles. The Hall–Kier alpha value is -1.02. The van der Waals surface area contributed by atoms with E-state index in [-0.39, 0.29) is 0 Å². The molecule has 1 aromatic carbocycles. The molecule has 5 nitrogen and oxygen atoms in total. The molecule has 1 aliphatic carbocycles. The van der Waals surface area contributed by atoms with E-state index in [0.29, 0.717) is 12.3 Å². The molecule has 4 rings (SSSR count). The first-order chi connectivity index (χ1) is 12.8. The summed E-state index contributed by atoms with van der Waals surface area (Å²) < 4.78 is 25.9. The molecule has 27 heavy (non-hydrogen) atoms. The molecule has 1 unspecified atom stereocenters. The molecule has 0 amide bonds. The SMILES string of the molecule is CCCN1CC(CSC)C[C@@H]2c3cccc4[nH]cc(c34)C[C@H]21.CS(=O)(=O)O. The van der Waals surface area contributed by atoms with E-state index >= 15 is 0 Å². The minimum absolute atomic E-state index is 0.715. The first-order valence-electron chi connectivity index (χ1n) is 9.56. The van der Waals surface area contributed by atoms with Crippen LogP contribution >= 0.6 is 11.8 Å². The summed E-state index contributed by atoms with van der Waals surface area (Å²) >= 11 is 2.01. The summed E-state index contributed by atoms with van der Waals surface area (Å²) in [6.45, 7) is 4.87. The van der Waals surface area contributed by atoms with Crippen LogP contribution < -0.4 is 0 Å². The molecule has 1 aliphatic heterocycles. The highest BCUT2D eigenvalue weighted by atomic mass is 32.2. The smallest absolute Gasteiger partial charge is 0.261 e. The van der Waals surface area contributed by atoms with Gasteiger partial charge in [0.2, 0.25) is 0 Å². The third kappa shape index (κ3) is 4.88. The highest BCUT2D eigenvalue weighted by molar-refractivity contribution is 7.98. The number of fused-ring (bicyclic) bond motifs is 2. The highest BCUT2D eigenvalue weighted by Crippen LogP contribution is 2.45. The molecule has 0 radical (unpaired) electrons. The molecule has 7 heteroatoms. The second kappa shape index (κ2) is 8.55. The minimum Gasteiger partial charge on any atom is -0.361 e. The predicted molar refractivity (Wildman–Crippen MR) is 114 cm³/mol. The third-order valence-electron chi connectivity index (χ3n) is 5.57. The fourth-order valence-electron chi connectivity index (χ4n) is 4.80. The fourth-order valence-corrected chi connectivity index (χ4v) is 5.51. The Morgan fingerprint density at radius 1 is 1.37 bits per heavy atom. The maximum absolute atomic E-state index is 9.19. The van der Waals surface area contributed by atoms with Crippen LogP contribution in [0, 0.1) is 5.92 Å². The van der Waals surface area contributed by atoms with Crippen LogP contribution in [0.15, 0.2) is 24.4 Å². The number of H-pyrrole nitrogens is 1. The van der Waals surface area contributed by atoms with Gasteiger partial charge in [-0.3, -0.25) is 9.45 Å². The van der Waals surface area contributed by atoms with Crippen molar-refractivity contribution in [3.8, 4) is 0 Å². The molecule has 0 spiro atoms. The van der Waals surface area contributed by atoms with Gasteiger partial charge in [0.05, 0.1) is 6.26 Å². The maximum Gasteiger partial charge on any atom is 0.261 e. The summed E-state index contributed by atoms with van der Waals surface area (Å²) in [5, 5.41) is 1.53. The van der Waals surface area contributed by atoms with Crippen LogP contribution in [0.3, 0.4) is 0 Å². The van der Waals surface area contributed by atoms with Crippen LogP contribution in [0.2, 0.25) is 0 Å². The lowest BCUT2D eigenvalue weighted by Crippen LogP contribution is -2.50. The first kappa shape index (κ1) is 20.7. The summed E-state index contributed by atoms with van der Waals surface area (Å²) in [6.07, 6.45) is 9.08. The van der Waals surface area contributed by atoms with E-state index in [1.807, 2.05) is 11.8 Å². The molecule has 1 aromatic heterocycles. The Labute approximate surface area is 166 Å². The first-order valence-corrected chi connectivity index (χ1v) is 12.8. The van der Waals surface area contributed by atoms with Crippen LogP contribution in [-0.4, -0.2) is 60.3 Å². The van der Waals surface area contributed by atoms with Gasteiger partial charge in [-0.25, -0.2) is 0 Å². The molecular weight excluding hydrogens is 380 g/mol. The van der Waals surface area contributed by atoms with Gasteiger partial charge in [0.1, 0.15) is 0 Å². The lowest BCUT2D eigenvalue weighted by atomic mass is 9.72. The number of piperidine rings is 1. The van der Waals surface area contributed by atoms with Crippen molar-refractivity contribution in [2.45, 2.75) is 38.1 Å². The number of rotatable bonds is 4. The van der Waals surface area contributed by atoms with E-state index in [4.69, 9.17) is 4.55 Å². The van der Waals surface area contributed by atoms with E-state index in [0.717, 1.165) is 11.8 Å². The maximum atomic E-state index is 9.19. The summed E-state index contributed by atoms with van der Waals surface area (Å²) in [5.41, 5.74) is 4.48. The Balaban J connectivity index is 0.000000376. The summed E-state index contributed by atoms with van der Waals surface area (Å²) in [5.74, 6) is 2.88. The number of thioether (sulfide) groups is 1. The summed E-state index contributed by atoms with van der Waals surface area (Å²) in [7, 11) is -3.67. The molecule has 150 valence electrons. The van der Waals surface area contributed by atoms with Crippen LogP contribution in [0.5, 0.6) is 0 Å². The van der Waals surface area contributed by atoms with Crippen LogP contribution in [0.4, 0.5) is 0 Å². The Morgan fingerprint density at radius 2 is 2.11 bits per heavy atom. The Kier molecular flexibility index (Phi) is 6.56. The van der Waals surface area contributed by atoms with Crippen molar-refractivity contribution in [2.24, 2.45) is 5.92 Å². The quantitative estimate of drug-likeness (QED) is 0.751. The van der Waals surface area contributed by atoms with Gasteiger partial charge < -0.3 is 4.98 Å². The lowest BCUT2D eigenvalue weighted by Gasteiger charge is -2.47. The van der Waals surface area contributed by atoms with Gasteiger partial charge in [0.25, 0.3) is 10.1 Å². The van der Waals surface area contributed by atoms with Gasteiger partial charge in [0.15, 0.2) is 0 Å². The number of hydrogen-bond donors (Lipinski definition) is 2. The zero-order chi connectivity index (χ0) is 19.6. The second-order valence-corrected chi connectivity index (χ2v) is 10.1. The monoisotopic (exact) mass is 410 g/mol. The largest absolute Gasteiger partial charge is 0.361 e. The van der Waals surface area contributed by atoms with Gasteiger partial charge in [-0.2, -0.15) is 20.2 Å². The molecule has 2 aliphatic rings. The number of aromatic nitrogens is 1. The number of likely N-dealkylation sites (tertiary alicyclic amines) is 1. The van der Waals surface area contributed by atoms with Crippen LogP contribution in [-0.2, 0) is 16.5 Å². The number of hydrogen-bond acceptors (Lipinski definition) is 4. The van der Waals surface area contributed by atoms with E-state index in [2.05, 4.69) is 47.5 Å². The van der Waals surface area contributed by atoms with Crippen molar-refractivity contribution in [3.05, 3.63) is 35.5 Å². The normalized spacial score (nSPS) is 25.0. The fraction of sp³-hybridized carbons (Fsp3) is 0.600. The molecule has 1 fully saturated rings. The third-order valence-corrected chi connectivity index (χ3v) is 6.38. The Bertz CT molecular complexity index is 870. The topological polar surface area (TPSA) is 73.4 Å². The van der Waals surface area contributed by atoms with Crippen molar-refractivity contribution >= 4 is 32.8 Å². The van der Waals surface area contributed by atoms with Crippen molar-refractivity contribution in [1.82, 2.24) is 9.88 Å². The van der Waals surface area contributed by atoms with Crippen LogP contribution in [0.1, 0.15) is 36.8 Å².